The third kappa shape index (κ3) is 5.18. The molecule has 1 atom stereocenters. The Labute approximate surface area is 171 Å². The van der Waals surface area contributed by atoms with Gasteiger partial charge >= 0.3 is 0 Å². The number of carbonyl (C=O) groups is 2. The van der Waals surface area contributed by atoms with Crippen LogP contribution in [-0.4, -0.2) is 78.4 Å². The third-order valence-electron chi connectivity index (χ3n) is 5.31. The van der Waals surface area contributed by atoms with Gasteiger partial charge in [0.1, 0.15) is 5.75 Å². The number of hydrogen-bond acceptors (Lipinski definition) is 4. The van der Waals surface area contributed by atoms with Crippen molar-refractivity contribution >= 4 is 23.4 Å². The molecule has 0 spiro atoms. The Kier molecular flexibility index (Phi) is 7.18. The molecule has 2 heterocycles. The quantitative estimate of drug-likeness (QED) is 0.704. The van der Waals surface area contributed by atoms with E-state index in [-0.39, 0.29) is 24.5 Å². The average molecular weight is 404 g/mol. The number of amides is 2. The lowest BCUT2D eigenvalue weighted by Crippen LogP contribution is -2.57. The van der Waals surface area contributed by atoms with Gasteiger partial charge in [0.15, 0.2) is 6.61 Å². The maximum atomic E-state index is 12.9. The smallest absolute Gasteiger partial charge is 0.260 e. The number of hydrogen-bond donors (Lipinski definition) is 0. The molecule has 1 aromatic carbocycles. The minimum absolute atomic E-state index is 0.0197. The summed E-state index contributed by atoms with van der Waals surface area (Å²) in [4.78, 5) is 31.0. The van der Waals surface area contributed by atoms with Crippen molar-refractivity contribution < 1.29 is 14.3 Å². The molecule has 0 bridgehead atoms. The van der Waals surface area contributed by atoms with Crippen molar-refractivity contribution in [2.45, 2.75) is 25.3 Å². The molecule has 28 heavy (non-hydrogen) atoms. The molecule has 0 radical (unpaired) electrons. The zero-order valence-electron chi connectivity index (χ0n) is 16.0. The Morgan fingerprint density at radius 2 is 1.75 bits per heavy atom. The predicted octanol–water partition coefficient (Wildman–Crippen LogP) is 1.88. The Morgan fingerprint density at radius 3 is 2.43 bits per heavy atom. The maximum Gasteiger partial charge on any atom is 0.260 e. The molecule has 7 heteroatoms. The minimum Gasteiger partial charge on any atom is -0.484 e. The number of piperazine rings is 1. The van der Waals surface area contributed by atoms with E-state index in [4.69, 9.17) is 22.8 Å². The Hall–Kier alpha value is -2.23. The van der Waals surface area contributed by atoms with Gasteiger partial charge in [0.25, 0.3) is 5.91 Å². The monoisotopic (exact) mass is 403 g/mol. The zero-order valence-corrected chi connectivity index (χ0v) is 16.7. The van der Waals surface area contributed by atoms with Crippen LogP contribution in [0.1, 0.15) is 19.3 Å². The molecule has 2 aliphatic heterocycles. The van der Waals surface area contributed by atoms with Crippen molar-refractivity contribution in [2.24, 2.45) is 0 Å². The highest BCUT2D eigenvalue weighted by molar-refractivity contribution is 6.30. The number of piperidine rings is 1. The van der Waals surface area contributed by atoms with E-state index in [1.54, 1.807) is 29.2 Å². The lowest BCUT2D eigenvalue weighted by Gasteiger charge is -2.40. The summed E-state index contributed by atoms with van der Waals surface area (Å²) < 4.78 is 5.53. The molecule has 2 saturated heterocycles. The van der Waals surface area contributed by atoms with Crippen LogP contribution in [0.4, 0.5) is 0 Å². The number of carbonyl (C=O) groups excluding carboxylic acids is 2. The molecule has 0 N–H and O–H groups in total. The van der Waals surface area contributed by atoms with Crippen LogP contribution in [0.25, 0.3) is 0 Å². The van der Waals surface area contributed by atoms with Gasteiger partial charge in [0, 0.05) is 31.2 Å². The second-order valence-corrected chi connectivity index (χ2v) is 7.57. The standard InChI is InChI=1S/C21H26ClN3O3/c1-2-10-23-11-4-3-5-19(23)21(27)25-14-12-24(13-15-25)20(26)16-28-18-8-6-17(22)7-9-18/h1,6-9,19H,3-5,10-16H2. The minimum atomic E-state index is -0.125. The van der Waals surface area contributed by atoms with Crippen molar-refractivity contribution in [3.63, 3.8) is 0 Å². The predicted molar refractivity (Wildman–Crippen MR) is 108 cm³/mol. The molecule has 1 aromatic rings. The molecular weight excluding hydrogens is 378 g/mol. The topological polar surface area (TPSA) is 53.1 Å². The van der Waals surface area contributed by atoms with Crippen LogP contribution in [0.5, 0.6) is 5.75 Å². The molecule has 150 valence electrons. The van der Waals surface area contributed by atoms with Gasteiger partial charge in [0.2, 0.25) is 5.91 Å². The number of terminal acetylenes is 1. The normalized spacial score (nSPS) is 20.5. The highest BCUT2D eigenvalue weighted by Crippen LogP contribution is 2.20. The van der Waals surface area contributed by atoms with Crippen molar-refractivity contribution in [2.75, 3.05) is 45.9 Å². The number of halogens is 1. The van der Waals surface area contributed by atoms with Crippen molar-refractivity contribution in [1.29, 1.82) is 0 Å². The van der Waals surface area contributed by atoms with Crippen LogP contribution in [-0.2, 0) is 9.59 Å². The summed E-state index contributed by atoms with van der Waals surface area (Å²) in [5, 5.41) is 0.623. The summed E-state index contributed by atoms with van der Waals surface area (Å²) in [7, 11) is 0. The van der Waals surface area contributed by atoms with E-state index in [1.165, 1.54) is 0 Å². The Morgan fingerprint density at radius 1 is 1.07 bits per heavy atom. The van der Waals surface area contributed by atoms with Crippen LogP contribution in [0.2, 0.25) is 5.02 Å². The largest absolute Gasteiger partial charge is 0.484 e. The zero-order chi connectivity index (χ0) is 19.9. The second kappa shape index (κ2) is 9.81. The molecule has 0 aliphatic carbocycles. The van der Waals surface area contributed by atoms with E-state index < -0.39 is 0 Å². The van der Waals surface area contributed by atoms with Gasteiger partial charge in [-0.1, -0.05) is 23.9 Å². The lowest BCUT2D eigenvalue weighted by atomic mass is 10.0. The lowest BCUT2D eigenvalue weighted by molar-refractivity contribution is -0.144. The molecule has 3 rings (SSSR count). The number of likely N-dealkylation sites (tertiary alicyclic amines) is 1. The molecule has 6 nitrogen and oxygen atoms in total. The average Bonchev–Trinajstić information content (AvgIpc) is 2.73. The van der Waals surface area contributed by atoms with Crippen LogP contribution in [0, 0.1) is 12.3 Å². The molecule has 0 saturated carbocycles. The van der Waals surface area contributed by atoms with Crippen molar-refractivity contribution in [3.05, 3.63) is 29.3 Å². The number of rotatable bonds is 5. The fraction of sp³-hybridized carbons (Fsp3) is 0.524. The van der Waals surface area contributed by atoms with Crippen LogP contribution >= 0.6 is 11.6 Å². The van der Waals surface area contributed by atoms with Gasteiger partial charge in [-0.2, -0.15) is 0 Å². The second-order valence-electron chi connectivity index (χ2n) is 7.13. The molecule has 2 aliphatic rings. The summed E-state index contributed by atoms with van der Waals surface area (Å²) in [6, 6.07) is 6.79. The number of ether oxygens (including phenoxy) is 1. The highest BCUT2D eigenvalue weighted by Gasteiger charge is 2.33. The van der Waals surface area contributed by atoms with E-state index >= 15 is 0 Å². The summed E-state index contributed by atoms with van der Waals surface area (Å²) in [6.45, 7) is 3.51. The van der Waals surface area contributed by atoms with E-state index in [0.717, 1.165) is 25.8 Å². The van der Waals surface area contributed by atoms with Gasteiger partial charge < -0.3 is 14.5 Å². The summed E-state index contributed by atoms with van der Waals surface area (Å²) in [6.07, 6.45) is 8.44. The first kappa shape index (κ1) is 20.5. The van der Waals surface area contributed by atoms with Gasteiger partial charge in [-0.3, -0.25) is 14.5 Å². The first-order chi connectivity index (χ1) is 13.6. The first-order valence-corrected chi connectivity index (χ1v) is 10.1. The first-order valence-electron chi connectivity index (χ1n) is 9.71. The van der Waals surface area contributed by atoms with Crippen LogP contribution in [0.3, 0.4) is 0 Å². The van der Waals surface area contributed by atoms with E-state index in [1.807, 2.05) is 4.90 Å². The van der Waals surface area contributed by atoms with Crippen LogP contribution < -0.4 is 4.74 Å². The maximum absolute atomic E-state index is 12.9. The molecule has 1 unspecified atom stereocenters. The SMILES string of the molecule is C#CCN1CCCCC1C(=O)N1CCN(C(=O)COc2ccc(Cl)cc2)CC1. The van der Waals surface area contributed by atoms with Crippen LogP contribution in [0.15, 0.2) is 24.3 Å². The highest BCUT2D eigenvalue weighted by atomic mass is 35.5. The molecule has 0 aromatic heterocycles. The van der Waals surface area contributed by atoms with Crippen molar-refractivity contribution in [1.82, 2.24) is 14.7 Å². The van der Waals surface area contributed by atoms with Gasteiger partial charge in [0.05, 0.1) is 12.6 Å². The number of benzene rings is 1. The summed E-state index contributed by atoms with van der Waals surface area (Å²) in [5.41, 5.74) is 0. The molecule has 2 amide bonds. The van der Waals surface area contributed by atoms with Gasteiger partial charge in [-0.25, -0.2) is 0 Å². The molecule has 2 fully saturated rings. The summed E-state index contributed by atoms with van der Waals surface area (Å²) in [5.74, 6) is 3.33. The Bertz CT molecular complexity index is 723. The van der Waals surface area contributed by atoms with Gasteiger partial charge in [-0.15, -0.1) is 6.42 Å². The summed E-state index contributed by atoms with van der Waals surface area (Å²) >= 11 is 5.84. The Balaban J connectivity index is 1.46. The van der Waals surface area contributed by atoms with E-state index in [9.17, 15) is 9.59 Å². The van der Waals surface area contributed by atoms with Crippen molar-refractivity contribution in [3.8, 4) is 18.1 Å². The third-order valence-corrected chi connectivity index (χ3v) is 5.57. The fourth-order valence-electron chi connectivity index (χ4n) is 3.73. The fourth-order valence-corrected chi connectivity index (χ4v) is 3.86. The van der Waals surface area contributed by atoms with E-state index in [2.05, 4.69) is 10.8 Å². The molecular formula is C21H26ClN3O3. The van der Waals surface area contributed by atoms with Gasteiger partial charge in [-0.05, 0) is 43.7 Å². The van der Waals surface area contributed by atoms with E-state index in [0.29, 0.717) is 43.5 Å². The number of nitrogens with zero attached hydrogens (tertiary/aromatic N) is 3.